The van der Waals surface area contributed by atoms with Crippen LogP contribution in [0.2, 0.25) is 0 Å². The monoisotopic (exact) mass is 542 g/mol. The lowest BCUT2D eigenvalue weighted by atomic mass is 10.1. The van der Waals surface area contributed by atoms with Crippen LogP contribution in [0.15, 0.2) is 23.2 Å². The van der Waals surface area contributed by atoms with Crippen LogP contribution in [0.4, 0.5) is 0 Å². The molecule has 3 N–H and O–H groups in total. The second kappa shape index (κ2) is 13.2. The number of rotatable bonds is 11. The molecule has 1 rings (SSSR count). The Hall–Kier alpha value is -1.11. The molecule has 0 spiro atoms. The molecular weight excluding hydrogens is 507 g/mol. The second-order valence-electron chi connectivity index (χ2n) is 7.34. The fourth-order valence-electron chi connectivity index (χ4n) is 2.57. The summed E-state index contributed by atoms with van der Waals surface area (Å²) in [6.45, 7) is 7.79. The third kappa shape index (κ3) is 12.2. The summed E-state index contributed by atoms with van der Waals surface area (Å²) in [6.07, 6.45) is 1.97. The molecule has 10 heteroatoms. The number of sulfonamides is 1. The Morgan fingerprint density at radius 1 is 1.21 bits per heavy atom. The largest absolute Gasteiger partial charge is 0.493 e. The van der Waals surface area contributed by atoms with E-state index < -0.39 is 15.6 Å². The van der Waals surface area contributed by atoms with Gasteiger partial charge in [-0.3, -0.25) is 4.99 Å². The normalized spacial score (nSPS) is 12.3. The van der Waals surface area contributed by atoms with Gasteiger partial charge in [0, 0.05) is 51.4 Å². The number of guanidine groups is 1. The van der Waals surface area contributed by atoms with Crippen LogP contribution in [0.5, 0.6) is 5.75 Å². The summed E-state index contributed by atoms with van der Waals surface area (Å²) >= 11 is 0. The predicted octanol–water partition coefficient (Wildman–Crippen LogP) is 2.02. The highest BCUT2D eigenvalue weighted by molar-refractivity contribution is 14.0. The molecule has 0 saturated heterocycles. The van der Waals surface area contributed by atoms with Crippen LogP contribution in [-0.4, -0.2) is 60.1 Å². The van der Waals surface area contributed by atoms with Crippen LogP contribution in [0.25, 0.3) is 0 Å². The van der Waals surface area contributed by atoms with Crippen molar-refractivity contribution in [3.63, 3.8) is 0 Å². The SMILES string of the molecule is CN=C(NCc1ccc(C)cc1OCCCOC)NCC(C)(C)NS(C)(=O)=O.I. The molecule has 0 radical (unpaired) electrons. The number of hydrogen-bond acceptors (Lipinski definition) is 5. The molecule has 0 aromatic heterocycles. The zero-order valence-electron chi connectivity index (χ0n) is 18.2. The number of methoxy groups -OCH3 is 1. The van der Waals surface area contributed by atoms with Gasteiger partial charge in [-0.2, -0.15) is 0 Å². The van der Waals surface area contributed by atoms with Crippen molar-refractivity contribution in [1.82, 2.24) is 15.4 Å². The lowest BCUT2D eigenvalue weighted by Crippen LogP contribution is -2.52. The Labute approximate surface area is 192 Å². The molecule has 0 heterocycles. The van der Waals surface area contributed by atoms with Gasteiger partial charge < -0.3 is 20.1 Å². The molecule has 168 valence electrons. The van der Waals surface area contributed by atoms with Gasteiger partial charge in [-0.25, -0.2) is 13.1 Å². The summed E-state index contributed by atoms with van der Waals surface area (Å²) < 4.78 is 36.5. The van der Waals surface area contributed by atoms with E-state index in [1.807, 2.05) is 25.1 Å². The first-order valence-electron chi connectivity index (χ1n) is 9.21. The maximum Gasteiger partial charge on any atom is 0.209 e. The molecule has 0 fully saturated rings. The Morgan fingerprint density at radius 2 is 1.90 bits per heavy atom. The molecule has 0 amide bonds. The van der Waals surface area contributed by atoms with Crippen molar-refractivity contribution in [3.8, 4) is 5.75 Å². The third-order valence-corrected chi connectivity index (χ3v) is 4.73. The van der Waals surface area contributed by atoms with Gasteiger partial charge in [-0.05, 0) is 32.4 Å². The van der Waals surface area contributed by atoms with Gasteiger partial charge in [0.1, 0.15) is 5.75 Å². The van der Waals surface area contributed by atoms with Gasteiger partial charge in [0.25, 0.3) is 0 Å². The topological polar surface area (TPSA) is 101 Å². The number of nitrogens with one attached hydrogen (secondary N) is 3. The minimum Gasteiger partial charge on any atom is -0.493 e. The molecule has 0 atom stereocenters. The van der Waals surface area contributed by atoms with Crippen molar-refractivity contribution < 1.29 is 17.9 Å². The smallest absolute Gasteiger partial charge is 0.209 e. The van der Waals surface area contributed by atoms with Crippen LogP contribution < -0.4 is 20.1 Å². The van der Waals surface area contributed by atoms with Crippen molar-refractivity contribution in [3.05, 3.63) is 29.3 Å². The van der Waals surface area contributed by atoms with Crippen molar-refractivity contribution in [2.24, 2.45) is 4.99 Å². The Kier molecular flexibility index (Phi) is 12.7. The Bertz CT molecular complexity index is 755. The molecule has 8 nitrogen and oxygen atoms in total. The zero-order chi connectivity index (χ0) is 21.2. The van der Waals surface area contributed by atoms with Crippen molar-refractivity contribution in [1.29, 1.82) is 0 Å². The van der Waals surface area contributed by atoms with Crippen LogP contribution >= 0.6 is 24.0 Å². The van der Waals surface area contributed by atoms with E-state index in [9.17, 15) is 8.42 Å². The minimum atomic E-state index is -3.29. The Balaban J connectivity index is 0.00000784. The number of ether oxygens (including phenoxy) is 2. The molecule has 0 aliphatic rings. The highest BCUT2D eigenvalue weighted by Crippen LogP contribution is 2.20. The molecule has 0 saturated carbocycles. The van der Waals surface area contributed by atoms with E-state index in [1.54, 1.807) is 28.0 Å². The molecule has 1 aromatic rings. The lowest BCUT2D eigenvalue weighted by molar-refractivity contribution is 0.171. The first kappa shape index (κ1) is 27.9. The highest BCUT2D eigenvalue weighted by atomic mass is 127. The van der Waals surface area contributed by atoms with Gasteiger partial charge in [0.2, 0.25) is 10.0 Å². The molecule has 0 aliphatic heterocycles. The summed E-state index contributed by atoms with van der Waals surface area (Å²) in [4.78, 5) is 4.20. The number of halogens is 1. The first-order chi connectivity index (χ1) is 13.1. The maximum absolute atomic E-state index is 11.5. The lowest BCUT2D eigenvalue weighted by Gasteiger charge is -2.26. The van der Waals surface area contributed by atoms with Crippen LogP contribution in [0.1, 0.15) is 31.4 Å². The van der Waals surface area contributed by atoms with E-state index in [0.29, 0.717) is 32.3 Å². The number of benzene rings is 1. The van der Waals surface area contributed by atoms with Crippen molar-refractivity contribution >= 4 is 40.0 Å². The van der Waals surface area contributed by atoms with Gasteiger partial charge in [-0.1, -0.05) is 12.1 Å². The van der Waals surface area contributed by atoms with Crippen molar-refractivity contribution in [2.45, 2.75) is 39.3 Å². The number of aliphatic imine (C=N–C) groups is 1. The Morgan fingerprint density at radius 3 is 2.48 bits per heavy atom. The highest BCUT2D eigenvalue weighted by Gasteiger charge is 2.22. The molecular formula is C19H35IN4O4S. The molecule has 1 aromatic carbocycles. The van der Waals surface area contributed by atoms with E-state index in [4.69, 9.17) is 9.47 Å². The van der Waals surface area contributed by atoms with E-state index in [2.05, 4.69) is 20.3 Å². The number of nitrogens with zero attached hydrogens (tertiary/aromatic N) is 1. The fraction of sp³-hybridized carbons (Fsp3) is 0.632. The van der Waals surface area contributed by atoms with E-state index >= 15 is 0 Å². The van der Waals surface area contributed by atoms with Crippen LogP contribution in [0.3, 0.4) is 0 Å². The quantitative estimate of drug-likeness (QED) is 0.171. The van der Waals surface area contributed by atoms with E-state index in [1.165, 1.54) is 0 Å². The van der Waals surface area contributed by atoms with Crippen LogP contribution in [-0.2, 0) is 21.3 Å². The van der Waals surface area contributed by atoms with Crippen LogP contribution in [0, 0.1) is 6.92 Å². The summed E-state index contributed by atoms with van der Waals surface area (Å²) in [5, 5.41) is 6.39. The fourth-order valence-corrected chi connectivity index (χ4v) is 3.65. The third-order valence-electron chi connectivity index (χ3n) is 3.80. The molecule has 0 aliphatic carbocycles. The molecule has 0 bridgehead atoms. The number of aryl methyl sites for hydroxylation is 1. The molecule has 29 heavy (non-hydrogen) atoms. The predicted molar refractivity (Wildman–Crippen MR) is 129 cm³/mol. The van der Waals surface area contributed by atoms with Gasteiger partial charge in [-0.15, -0.1) is 24.0 Å². The maximum atomic E-state index is 11.5. The first-order valence-corrected chi connectivity index (χ1v) is 11.1. The van der Waals surface area contributed by atoms with Gasteiger partial charge in [0.15, 0.2) is 5.96 Å². The minimum absolute atomic E-state index is 0. The average Bonchev–Trinajstić information content (AvgIpc) is 2.58. The van der Waals surface area contributed by atoms with E-state index in [0.717, 1.165) is 29.6 Å². The standard InChI is InChI=1S/C19H34N4O4S.HI/c1-15-8-9-16(17(12-15)27-11-7-10-26-5)13-21-18(20-4)22-14-19(2,3)23-28(6,24)25;/h8-9,12,23H,7,10-11,13-14H2,1-6H3,(H2,20,21,22);1H. The second-order valence-corrected chi connectivity index (χ2v) is 9.09. The summed E-state index contributed by atoms with van der Waals surface area (Å²) in [5.41, 5.74) is 1.49. The number of hydrogen-bond donors (Lipinski definition) is 3. The summed E-state index contributed by atoms with van der Waals surface area (Å²) in [7, 11) is 0.0540. The zero-order valence-corrected chi connectivity index (χ0v) is 21.3. The van der Waals surface area contributed by atoms with Gasteiger partial charge in [0.05, 0.1) is 12.9 Å². The summed E-state index contributed by atoms with van der Waals surface area (Å²) in [5.74, 6) is 1.41. The van der Waals surface area contributed by atoms with E-state index in [-0.39, 0.29) is 24.0 Å². The van der Waals surface area contributed by atoms with Gasteiger partial charge >= 0.3 is 0 Å². The molecule has 0 unspecified atom stereocenters. The van der Waals surface area contributed by atoms with Crippen molar-refractivity contribution in [2.75, 3.05) is 40.2 Å². The summed E-state index contributed by atoms with van der Waals surface area (Å²) in [6, 6.07) is 6.07. The average molecular weight is 542 g/mol.